The lowest BCUT2D eigenvalue weighted by Gasteiger charge is -2.07. The van der Waals surface area contributed by atoms with Crippen molar-refractivity contribution in [3.8, 4) is 0 Å². The summed E-state index contributed by atoms with van der Waals surface area (Å²) in [5.74, 6) is -0.191. The summed E-state index contributed by atoms with van der Waals surface area (Å²) in [6, 6.07) is 6.05. The molecule has 6 heteroatoms. The number of furan rings is 1. The molecule has 3 rings (SSSR count). The third kappa shape index (κ3) is 2.18. The highest BCUT2D eigenvalue weighted by molar-refractivity contribution is 6.17. The number of aromatic nitrogens is 2. The molecule has 0 saturated carbocycles. The summed E-state index contributed by atoms with van der Waals surface area (Å²) in [7, 11) is 0. The number of imidazole rings is 1. The molecule has 0 spiro atoms. The molecule has 1 aromatic carbocycles. The van der Waals surface area contributed by atoms with Crippen LogP contribution in [0.5, 0.6) is 0 Å². The molecule has 3 nitrogen and oxygen atoms in total. The molecule has 0 amide bonds. The van der Waals surface area contributed by atoms with Crippen molar-refractivity contribution in [2.24, 2.45) is 0 Å². The van der Waals surface area contributed by atoms with Gasteiger partial charge in [0.25, 0.3) is 0 Å². The van der Waals surface area contributed by atoms with Crippen LogP contribution in [-0.2, 0) is 13.0 Å². The molecule has 0 aliphatic heterocycles. The second-order valence-electron chi connectivity index (χ2n) is 4.36. The van der Waals surface area contributed by atoms with Gasteiger partial charge in [-0.15, -0.1) is 11.6 Å². The molecule has 0 unspecified atom stereocenters. The summed E-state index contributed by atoms with van der Waals surface area (Å²) < 4.78 is 34.3. The van der Waals surface area contributed by atoms with Crippen molar-refractivity contribution in [3.63, 3.8) is 0 Å². The van der Waals surface area contributed by atoms with E-state index >= 15 is 0 Å². The number of aryl methyl sites for hydroxylation is 1. The molecule has 0 radical (unpaired) electrons. The van der Waals surface area contributed by atoms with Gasteiger partial charge in [-0.2, -0.15) is 0 Å². The van der Waals surface area contributed by atoms with E-state index in [2.05, 4.69) is 4.98 Å². The number of hydrogen-bond donors (Lipinski definition) is 0. The molecule has 2 heterocycles. The minimum Gasteiger partial charge on any atom is -0.467 e. The number of alkyl halides is 1. The van der Waals surface area contributed by atoms with E-state index in [0.717, 1.165) is 6.07 Å². The highest BCUT2D eigenvalue weighted by atomic mass is 35.5. The van der Waals surface area contributed by atoms with Crippen LogP contribution in [0.15, 0.2) is 34.9 Å². The standard InChI is InChI=1S/C14H11ClF2N2O/c15-6-5-12-18-11-4-3-10(16)13(17)14(11)19(12)8-9-2-1-7-20-9/h1-4,7H,5-6,8H2. The van der Waals surface area contributed by atoms with E-state index in [-0.39, 0.29) is 12.1 Å². The normalized spacial score (nSPS) is 11.3. The topological polar surface area (TPSA) is 31.0 Å². The smallest absolute Gasteiger partial charge is 0.184 e. The van der Waals surface area contributed by atoms with Gasteiger partial charge in [0.15, 0.2) is 11.6 Å². The van der Waals surface area contributed by atoms with Gasteiger partial charge in [0.2, 0.25) is 0 Å². The lowest BCUT2D eigenvalue weighted by Crippen LogP contribution is -2.06. The summed E-state index contributed by atoms with van der Waals surface area (Å²) in [6.45, 7) is 0.288. The average Bonchev–Trinajstić information content (AvgIpc) is 3.04. The van der Waals surface area contributed by atoms with Crippen molar-refractivity contribution in [2.75, 3.05) is 5.88 Å². The second-order valence-corrected chi connectivity index (χ2v) is 4.74. The van der Waals surface area contributed by atoms with Crippen molar-refractivity contribution in [3.05, 3.63) is 53.7 Å². The van der Waals surface area contributed by atoms with E-state index in [0.29, 0.717) is 29.4 Å². The number of nitrogens with zero attached hydrogens (tertiary/aromatic N) is 2. The van der Waals surface area contributed by atoms with Crippen LogP contribution in [-0.4, -0.2) is 15.4 Å². The van der Waals surface area contributed by atoms with Gasteiger partial charge in [0, 0.05) is 12.3 Å². The molecule has 20 heavy (non-hydrogen) atoms. The summed E-state index contributed by atoms with van der Waals surface area (Å²) >= 11 is 5.74. The van der Waals surface area contributed by atoms with Crippen molar-refractivity contribution >= 4 is 22.6 Å². The zero-order valence-corrected chi connectivity index (χ0v) is 11.2. The van der Waals surface area contributed by atoms with E-state index in [1.165, 1.54) is 12.3 Å². The van der Waals surface area contributed by atoms with E-state index < -0.39 is 11.6 Å². The Hall–Kier alpha value is -1.88. The van der Waals surface area contributed by atoms with Crippen LogP contribution in [0.1, 0.15) is 11.6 Å². The third-order valence-electron chi connectivity index (χ3n) is 3.09. The maximum atomic E-state index is 14.0. The highest BCUT2D eigenvalue weighted by Crippen LogP contribution is 2.23. The van der Waals surface area contributed by atoms with Gasteiger partial charge >= 0.3 is 0 Å². The maximum absolute atomic E-state index is 14.0. The molecular formula is C14H11ClF2N2O. The lowest BCUT2D eigenvalue weighted by atomic mass is 10.3. The number of hydrogen-bond acceptors (Lipinski definition) is 2. The van der Waals surface area contributed by atoms with E-state index in [9.17, 15) is 8.78 Å². The molecule has 104 valence electrons. The molecule has 0 aliphatic rings. The number of rotatable bonds is 4. The molecule has 0 saturated heterocycles. The van der Waals surface area contributed by atoms with Crippen LogP contribution in [0.3, 0.4) is 0 Å². The summed E-state index contributed by atoms with van der Waals surface area (Å²) in [6.07, 6.45) is 2.00. The van der Waals surface area contributed by atoms with Crippen molar-refractivity contribution in [1.82, 2.24) is 9.55 Å². The Morgan fingerprint density at radius 2 is 2.10 bits per heavy atom. The Labute approximate surface area is 118 Å². The number of fused-ring (bicyclic) bond motifs is 1. The summed E-state index contributed by atoms with van der Waals surface area (Å²) in [5, 5.41) is 0. The highest BCUT2D eigenvalue weighted by Gasteiger charge is 2.17. The molecular weight excluding hydrogens is 286 g/mol. The average molecular weight is 297 g/mol. The van der Waals surface area contributed by atoms with Gasteiger partial charge < -0.3 is 8.98 Å². The Balaban J connectivity index is 2.19. The van der Waals surface area contributed by atoms with Gasteiger partial charge in [-0.1, -0.05) is 0 Å². The Kier molecular flexibility index (Phi) is 3.44. The maximum Gasteiger partial charge on any atom is 0.184 e. The fourth-order valence-corrected chi connectivity index (χ4v) is 2.38. The van der Waals surface area contributed by atoms with Crippen LogP contribution < -0.4 is 0 Å². The van der Waals surface area contributed by atoms with Gasteiger partial charge in [-0.25, -0.2) is 13.8 Å². The fraction of sp³-hybridized carbons (Fsp3) is 0.214. The first-order valence-corrected chi connectivity index (χ1v) is 6.65. The zero-order chi connectivity index (χ0) is 14.1. The van der Waals surface area contributed by atoms with E-state index in [1.54, 1.807) is 16.7 Å². The molecule has 0 atom stereocenters. The molecule has 3 aromatic rings. The second kappa shape index (κ2) is 5.25. The first-order chi connectivity index (χ1) is 9.70. The first-order valence-electron chi connectivity index (χ1n) is 6.12. The first kappa shape index (κ1) is 13.1. The van der Waals surface area contributed by atoms with Crippen molar-refractivity contribution in [1.29, 1.82) is 0 Å². The Morgan fingerprint density at radius 1 is 1.25 bits per heavy atom. The van der Waals surface area contributed by atoms with Gasteiger partial charge in [0.05, 0.1) is 18.3 Å². The molecule has 2 aromatic heterocycles. The molecule has 0 aliphatic carbocycles. The summed E-state index contributed by atoms with van der Waals surface area (Å²) in [4.78, 5) is 4.32. The van der Waals surface area contributed by atoms with E-state index in [4.69, 9.17) is 16.0 Å². The number of benzene rings is 1. The van der Waals surface area contributed by atoms with Gasteiger partial charge in [-0.05, 0) is 24.3 Å². The van der Waals surface area contributed by atoms with Crippen molar-refractivity contribution in [2.45, 2.75) is 13.0 Å². The predicted octanol–water partition coefficient (Wildman–Crippen LogP) is 3.74. The largest absolute Gasteiger partial charge is 0.467 e. The van der Waals surface area contributed by atoms with Crippen molar-refractivity contribution < 1.29 is 13.2 Å². The minimum absolute atomic E-state index is 0.140. The monoisotopic (exact) mass is 296 g/mol. The molecule has 0 fully saturated rings. The summed E-state index contributed by atoms with van der Waals surface area (Å²) in [5.41, 5.74) is 0.553. The van der Waals surface area contributed by atoms with E-state index in [1.807, 2.05) is 0 Å². The SMILES string of the molecule is Fc1ccc2nc(CCCl)n(Cc3ccco3)c2c1F. The van der Waals surface area contributed by atoms with Gasteiger partial charge in [-0.3, -0.25) is 0 Å². The predicted molar refractivity (Wildman–Crippen MR) is 71.9 cm³/mol. The fourth-order valence-electron chi connectivity index (χ4n) is 2.21. The van der Waals surface area contributed by atoms with Crippen LogP contribution in [0.2, 0.25) is 0 Å². The van der Waals surface area contributed by atoms with Gasteiger partial charge in [0.1, 0.15) is 17.1 Å². The minimum atomic E-state index is -0.901. The van der Waals surface area contributed by atoms with Crippen LogP contribution in [0, 0.1) is 11.6 Å². The quantitative estimate of drug-likeness (QED) is 0.687. The van der Waals surface area contributed by atoms with Crippen LogP contribution >= 0.6 is 11.6 Å². The lowest BCUT2D eigenvalue weighted by molar-refractivity contribution is 0.485. The zero-order valence-electron chi connectivity index (χ0n) is 10.4. The number of halogens is 3. The molecule has 0 bridgehead atoms. The Morgan fingerprint density at radius 3 is 2.80 bits per heavy atom. The molecule has 0 N–H and O–H groups in total. The van der Waals surface area contributed by atoms with Crippen LogP contribution in [0.25, 0.3) is 11.0 Å². The third-order valence-corrected chi connectivity index (χ3v) is 3.28. The van der Waals surface area contributed by atoms with Crippen LogP contribution in [0.4, 0.5) is 8.78 Å². The Bertz CT molecular complexity index is 737.